The van der Waals surface area contributed by atoms with E-state index in [2.05, 4.69) is 26.0 Å². The SMILES string of the molecule is CN(CCNCc1n[nH]nc1CNCCN(C)C(N)=S)C(N)=S. The van der Waals surface area contributed by atoms with E-state index in [1.807, 2.05) is 23.9 Å². The zero-order valence-electron chi connectivity index (χ0n) is 13.5. The van der Waals surface area contributed by atoms with Crippen molar-refractivity contribution in [3.8, 4) is 0 Å². The van der Waals surface area contributed by atoms with Crippen LogP contribution < -0.4 is 22.1 Å². The lowest BCUT2D eigenvalue weighted by Gasteiger charge is -2.17. The topological polar surface area (TPSA) is 124 Å². The molecule has 1 heterocycles. The highest BCUT2D eigenvalue weighted by molar-refractivity contribution is 7.80. The maximum Gasteiger partial charge on any atom is 0.166 e. The summed E-state index contributed by atoms with van der Waals surface area (Å²) in [6.45, 7) is 4.26. The molecule has 11 heteroatoms. The van der Waals surface area contributed by atoms with Gasteiger partial charge in [-0.15, -0.1) is 0 Å². The van der Waals surface area contributed by atoms with Crippen molar-refractivity contribution in [3.05, 3.63) is 11.4 Å². The fourth-order valence-electron chi connectivity index (χ4n) is 1.69. The van der Waals surface area contributed by atoms with E-state index >= 15 is 0 Å². The Balaban J connectivity index is 2.25. The van der Waals surface area contributed by atoms with Gasteiger partial charge in [-0.25, -0.2) is 0 Å². The summed E-state index contributed by atoms with van der Waals surface area (Å²) < 4.78 is 0. The van der Waals surface area contributed by atoms with Gasteiger partial charge in [-0.3, -0.25) is 0 Å². The first kappa shape index (κ1) is 19.5. The molecule has 0 spiro atoms. The number of hydrogen-bond acceptors (Lipinski definition) is 6. The smallest absolute Gasteiger partial charge is 0.166 e. The highest BCUT2D eigenvalue weighted by Crippen LogP contribution is 2.00. The molecular weight excluding hydrogens is 334 g/mol. The summed E-state index contributed by atoms with van der Waals surface area (Å²) in [6, 6.07) is 0. The summed E-state index contributed by atoms with van der Waals surface area (Å²) in [5, 5.41) is 18.3. The zero-order chi connectivity index (χ0) is 17.2. The molecule has 1 rings (SSSR count). The molecule has 0 radical (unpaired) electrons. The van der Waals surface area contributed by atoms with Crippen LogP contribution in [-0.2, 0) is 13.1 Å². The number of aromatic amines is 1. The molecule has 7 N–H and O–H groups in total. The number of rotatable bonds is 10. The van der Waals surface area contributed by atoms with Crippen molar-refractivity contribution in [2.45, 2.75) is 13.1 Å². The fourth-order valence-corrected chi connectivity index (χ4v) is 1.87. The van der Waals surface area contributed by atoms with Crippen LogP contribution in [0.3, 0.4) is 0 Å². The Morgan fingerprint density at radius 1 is 0.957 bits per heavy atom. The summed E-state index contributed by atoms with van der Waals surface area (Å²) >= 11 is 9.77. The highest BCUT2D eigenvalue weighted by atomic mass is 32.1. The minimum atomic E-state index is 0.389. The molecule has 0 fully saturated rings. The van der Waals surface area contributed by atoms with E-state index < -0.39 is 0 Å². The number of aromatic nitrogens is 3. The second kappa shape index (κ2) is 10.3. The molecule has 0 aromatic carbocycles. The van der Waals surface area contributed by atoms with Crippen molar-refractivity contribution < 1.29 is 0 Å². The van der Waals surface area contributed by atoms with Crippen molar-refractivity contribution in [1.82, 2.24) is 35.8 Å². The quantitative estimate of drug-likeness (QED) is 0.245. The number of nitrogens with zero attached hydrogens (tertiary/aromatic N) is 4. The van der Waals surface area contributed by atoms with Gasteiger partial charge < -0.3 is 31.9 Å². The summed E-state index contributed by atoms with van der Waals surface area (Å²) in [4.78, 5) is 3.62. The van der Waals surface area contributed by atoms with Gasteiger partial charge in [0.05, 0.1) is 0 Å². The minimum Gasteiger partial charge on any atom is -0.376 e. The third-order valence-corrected chi connectivity index (χ3v) is 3.91. The third-order valence-electron chi connectivity index (χ3n) is 3.29. The maximum atomic E-state index is 5.52. The molecular formula is C12H25N9S2. The number of nitrogens with one attached hydrogen (secondary N) is 3. The predicted octanol–water partition coefficient (Wildman–Crippen LogP) is -1.67. The summed E-state index contributed by atoms with van der Waals surface area (Å²) in [6.07, 6.45) is 0. The second-order valence-corrected chi connectivity index (χ2v) is 5.93. The van der Waals surface area contributed by atoms with Crippen molar-refractivity contribution in [3.63, 3.8) is 0 Å². The Hall–Kier alpha value is -1.56. The Morgan fingerprint density at radius 2 is 1.35 bits per heavy atom. The van der Waals surface area contributed by atoms with Gasteiger partial charge in [-0.05, 0) is 24.4 Å². The maximum absolute atomic E-state index is 5.52. The monoisotopic (exact) mass is 359 g/mol. The van der Waals surface area contributed by atoms with Gasteiger partial charge in [0.15, 0.2) is 10.2 Å². The molecule has 1 aromatic heterocycles. The summed E-state index contributed by atoms with van der Waals surface area (Å²) in [5.41, 5.74) is 12.8. The summed E-state index contributed by atoms with van der Waals surface area (Å²) in [5.74, 6) is 0. The van der Waals surface area contributed by atoms with E-state index in [4.69, 9.17) is 35.9 Å². The molecule has 0 aliphatic carbocycles. The van der Waals surface area contributed by atoms with Crippen LogP contribution in [0.25, 0.3) is 0 Å². The van der Waals surface area contributed by atoms with E-state index in [1.165, 1.54) is 0 Å². The van der Waals surface area contributed by atoms with Crippen LogP contribution in [0.5, 0.6) is 0 Å². The van der Waals surface area contributed by atoms with Gasteiger partial charge >= 0.3 is 0 Å². The van der Waals surface area contributed by atoms with Crippen LogP contribution in [-0.4, -0.2) is 75.7 Å². The third kappa shape index (κ3) is 7.50. The predicted molar refractivity (Wildman–Crippen MR) is 98.6 cm³/mol. The van der Waals surface area contributed by atoms with E-state index in [0.717, 1.165) is 37.6 Å². The molecule has 9 nitrogen and oxygen atoms in total. The van der Waals surface area contributed by atoms with E-state index in [1.54, 1.807) is 0 Å². The first-order valence-electron chi connectivity index (χ1n) is 7.23. The lowest BCUT2D eigenvalue weighted by atomic mass is 10.3. The van der Waals surface area contributed by atoms with Crippen LogP contribution in [0.1, 0.15) is 11.4 Å². The first-order valence-corrected chi connectivity index (χ1v) is 8.04. The van der Waals surface area contributed by atoms with Crippen molar-refractivity contribution >= 4 is 34.7 Å². The molecule has 0 saturated carbocycles. The van der Waals surface area contributed by atoms with Gasteiger partial charge in [0.25, 0.3) is 0 Å². The van der Waals surface area contributed by atoms with Crippen LogP contribution in [0.15, 0.2) is 0 Å². The molecule has 0 saturated heterocycles. The molecule has 130 valence electrons. The number of H-pyrrole nitrogens is 1. The number of nitrogens with two attached hydrogens (primary N) is 2. The average molecular weight is 360 g/mol. The minimum absolute atomic E-state index is 0.389. The van der Waals surface area contributed by atoms with Gasteiger partial charge in [-0.2, -0.15) is 15.4 Å². The summed E-state index contributed by atoms with van der Waals surface area (Å²) in [7, 11) is 3.72. The van der Waals surface area contributed by atoms with Gasteiger partial charge in [0.2, 0.25) is 0 Å². The largest absolute Gasteiger partial charge is 0.376 e. The van der Waals surface area contributed by atoms with Crippen LogP contribution in [0, 0.1) is 0 Å². The van der Waals surface area contributed by atoms with Crippen molar-refractivity contribution in [1.29, 1.82) is 0 Å². The highest BCUT2D eigenvalue weighted by Gasteiger charge is 2.07. The van der Waals surface area contributed by atoms with E-state index in [-0.39, 0.29) is 0 Å². The zero-order valence-corrected chi connectivity index (χ0v) is 15.1. The molecule has 0 amide bonds. The molecule has 0 aliphatic rings. The van der Waals surface area contributed by atoms with Gasteiger partial charge in [0.1, 0.15) is 11.4 Å². The van der Waals surface area contributed by atoms with E-state index in [0.29, 0.717) is 23.3 Å². The second-order valence-electron chi connectivity index (χ2n) is 5.09. The first-order chi connectivity index (χ1) is 10.9. The van der Waals surface area contributed by atoms with Crippen LogP contribution in [0.4, 0.5) is 0 Å². The Morgan fingerprint density at radius 3 is 1.70 bits per heavy atom. The van der Waals surface area contributed by atoms with E-state index in [9.17, 15) is 0 Å². The molecule has 0 bridgehead atoms. The van der Waals surface area contributed by atoms with Gasteiger partial charge in [0, 0.05) is 53.4 Å². The van der Waals surface area contributed by atoms with Crippen LogP contribution >= 0.6 is 24.4 Å². The molecule has 0 atom stereocenters. The van der Waals surface area contributed by atoms with Crippen molar-refractivity contribution in [2.24, 2.45) is 11.5 Å². The lowest BCUT2D eigenvalue weighted by molar-refractivity contribution is 0.478. The number of hydrogen-bond donors (Lipinski definition) is 5. The van der Waals surface area contributed by atoms with Crippen LogP contribution in [0.2, 0.25) is 0 Å². The number of thiocarbonyl (C=S) groups is 2. The lowest BCUT2D eigenvalue weighted by Crippen LogP contribution is -2.37. The molecule has 1 aromatic rings. The Bertz CT molecular complexity index is 462. The van der Waals surface area contributed by atoms with Gasteiger partial charge in [-0.1, -0.05) is 0 Å². The average Bonchev–Trinajstić information content (AvgIpc) is 2.94. The molecule has 0 aliphatic heterocycles. The number of likely N-dealkylation sites (N-methyl/N-ethyl adjacent to an activating group) is 2. The fraction of sp³-hybridized carbons (Fsp3) is 0.667. The Labute approximate surface area is 147 Å². The Kier molecular flexibility index (Phi) is 8.69. The molecule has 23 heavy (non-hydrogen) atoms. The normalized spacial score (nSPS) is 10.5. The standard InChI is InChI=1S/C12H25N9S2/c1-20(11(13)22)5-3-15-7-9-10(18-19-17-9)8-16-4-6-21(2)12(14)23/h15-16H,3-8H2,1-2H3,(H2,13,22)(H2,14,23)(H,17,18,19). The van der Waals surface area contributed by atoms with Crippen molar-refractivity contribution in [2.75, 3.05) is 40.3 Å². The molecule has 0 unspecified atom stereocenters.